The van der Waals surface area contributed by atoms with E-state index in [0.717, 1.165) is 44.9 Å². The Bertz CT molecular complexity index is 361. The van der Waals surface area contributed by atoms with Gasteiger partial charge >= 0.3 is 5.97 Å². The molecule has 3 heteroatoms. The van der Waals surface area contributed by atoms with Crippen LogP contribution in [0, 0.1) is 5.41 Å². The first kappa shape index (κ1) is 18.1. The van der Waals surface area contributed by atoms with Crippen LogP contribution in [0.25, 0.3) is 0 Å². The lowest BCUT2D eigenvalue weighted by molar-refractivity contribution is -0.168. The molecule has 1 N–H and O–H groups in total. The first-order chi connectivity index (χ1) is 9.81. The number of carbonyl (C=O) groups excluding carboxylic acids is 1. The lowest BCUT2D eigenvalue weighted by atomic mass is 9.83. The van der Waals surface area contributed by atoms with Crippen molar-refractivity contribution in [3.8, 4) is 0 Å². The van der Waals surface area contributed by atoms with Gasteiger partial charge in [0.25, 0.3) is 0 Å². The molecular weight excluding hydrogens is 264 g/mol. The van der Waals surface area contributed by atoms with E-state index in [4.69, 9.17) is 4.74 Å². The predicted octanol–water partition coefficient (Wildman–Crippen LogP) is 5.30. The van der Waals surface area contributed by atoms with Gasteiger partial charge < -0.3 is 9.84 Å². The van der Waals surface area contributed by atoms with Crippen LogP contribution in [-0.2, 0) is 9.53 Å². The highest BCUT2D eigenvalue weighted by molar-refractivity contribution is 5.79. The van der Waals surface area contributed by atoms with Crippen molar-refractivity contribution in [2.45, 2.75) is 91.1 Å². The normalized spacial score (nSPS) is 22.2. The zero-order valence-electron chi connectivity index (χ0n) is 14.2. The maximum atomic E-state index is 12.7. The molecule has 1 atom stereocenters. The van der Waals surface area contributed by atoms with E-state index in [2.05, 4.69) is 13.8 Å². The van der Waals surface area contributed by atoms with E-state index in [1.165, 1.54) is 12.8 Å². The highest BCUT2D eigenvalue weighted by atomic mass is 16.6. The second-order valence-corrected chi connectivity index (χ2v) is 7.06. The van der Waals surface area contributed by atoms with Gasteiger partial charge in [-0.15, -0.1) is 0 Å². The summed E-state index contributed by atoms with van der Waals surface area (Å²) in [6.45, 7) is 7.66. The summed E-state index contributed by atoms with van der Waals surface area (Å²) >= 11 is 0. The number of unbranched alkanes of at least 4 members (excludes halogenated alkanes) is 1. The van der Waals surface area contributed by atoms with Gasteiger partial charge in [0.1, 0.15) is 5.60 Å². The third-order valence-corrected chi connectivity index (χ3v) is 4.54. The van der Waals surface area contributed by atoms with Crippen molar-refractivity contribution in [2.75, 3.05) is 0 Å². The molecule has 0 saturated heterocycles. The molecule has 1 fully saturated rings. The van der Waals surface area contributed by atoms with Crippen LogP contribution in [0.4, 0.5) is 0 Å². The van der Waals surface area contributed by atoms with E-state index in [9.17, 15) is 9.90 Å². The lowest BCUT2D eigenvalue weighted by Crippen LogP contribution is -2.38. The molecule has 0 bridgehead atoms. The third kappa shape index (κ3) is 5.72. The third-order valence-electron chi connectivity index (χ3n) is 4.54. The SMILES string of the molecule is CCCCC(C)(/C=C(/C)O)C(=O)OC1(C)CCCCCC1. The lowest BCUT2D eigenvalue weighted by Gasteiger charge is -2.33. The standard InChI is InChI=1S/C18H32O3/c1-5-6-11-17(3,14-15(2)19)16(20)21-18(4)12-9-7-8-10-13-18/h14,19H,5-13H2,1-4H3/b15-14-. The van der Waals surface area contributed by atoms with E-state index in [-0.39, 0.29) is 17.3 Å². The molecule has 122 valence electrons. The van der Waals surface area contributed by atoms with Gasteiger partial charge in [-0.2, -0.15) is 0 Å². The Balaban J connectivity index is 2.82. The monoisotopic (exact) mass is 296 g/mol. The predicted molar refractivity (Wildman–Crippen MR) is 86.2 cm³/mol. The Morgan fingerprint density at radius 1 is 1.29 bits per heavy atom. The van der Waals surface area contributed by atoms with Gasteiger partial charge in [-0.1, -0.05) is 32.6 Å². The van der Waals surface area contributed by atoms with Gasteiger partial charge in [-0.25, -0.2) is 0 Å². The minimum atomic E-state index is -0.718. The van der Waals surface area contributed by atoms with Crippen LogP contribution in [0.3, 0.4) is 0 Å². The highest BCUT2D eigenvalue weighted by Crippen LogP contribution is 2.35. The molecule has 21 heavy (non-hydrogen) atoms. The number of aliphatic hydroxyl groups excluding tert-OH is 1. The fourth-order valence-corrected chi connectivity index (χ4v) is 3.16. The fourth-order valence-electron chi connectivity index (χ4n) is 3.16. The molecule has 1 unspecified atom stereocenters. The second-order valence-electron chi connectivity index (χ2n) is 7.06. The minimum Gasteiger partial charge on any atom is -0.513 e. The summed E-state index contributed by atoms with van der Waals surface area (Å²) in [5.41, 5.74) is -1.05. The first-order valence-electron chi connectivity index (χ1n) is 8.43. The van der Waals surface area contributed by atoms with Crippen molar-refractivity contribution in [3.63, 3.8) is 0 Å². The molecule has 0 spiro atoms. The molecule has 0 aromatic heterocycles. The van der Waals surface area contributed by atoms with E-state index in [1.807, 2.05) is 6.92 Å². The molecule has 1 saturated carbocycles. The molecular formula is C18H32O3. The van der Waals surface area contributed by atoms with E-state index >= 15 is 0 Å². The van der Waals surface area contributed by atoms with Crippen LogP contribution in [0.1, 0.15) is 85.5 Å². The van der Waals surface area contributed by atoms with Gasteiger partial charge in [-0.3, -0.25) is 4.79 Å². The number of hydrogen-bond acceptors (Lipinski definition) is 3. The molecule has 1 aliphatic rings. The topological polar surface area (TPSA) is 46.5 Å². The maximum absolute atomic E-state index is 12.7. The van der Waals surface area contributed by atoms with Crippen LogP contribution in [0.5, 0.6) is 0 Å². The van der Waals surface area contributed by atoms with E-state index < -0.39 is 5.41 Å². The van der Waals surface area contributed by atoms with Crippen molar-refractivity contribution in [1.82, 2.24) is 0 Å². The summed E-state index contributed by atoms with van der Waals surface area (Å²) in [5, 5.41) is 9.60. The Hall–Kier alpha value is -0.990. The molecule has 0 aliphatic heterocycles. The number of rotatable bonds is 6. The van der Waals surface area contributed by atoms with Crippen molar-refractivity contribution < 1.29 is 14.6 Å². The van der Waals surface area contributed by atoms with Crippen LogP contribution < -0.4 is 0 Å². The molecule has 0 heterocycles. The van der Waals surface area contributed by atoms with Crippen molar-refractivity contribution in [3.05, 3.63) is 11.8 Å². The van der Waals surface area contributed by atoms with Gasteiger partial charge in [-0.05, 0) is 59.0 Å². The molecule has 1 rings (SSSR count). The van der Waals surface area contributed by atoms with Crippen LogP contribution >= 0.6 is 0 Å². The molecule has 3 nitrogen and oxygen atoms in total. The fraction of sp³-hybridized carbons (Fsp3) is 0.833. The summed E-state index contributed by atoms with van der Waals surface area (Å²) in [4.78, 5) is 12.7. The van der Waals surface area contributed by atoms with Crippen LogP contribution in [-0.4, -0.2) is 16.7 Å². The van der Waals surface area contributed by atoms with Crippen molar-refractivity contribution in [1.29, 1.82) is 0 Å². The van der Waals surface area contributed by atoms with Gasteiger partial charge in [0, 0.05) is 0 Å². The highest BCUT2D eigenvalue weighted by Gasteiger charge is 2.38. The quantitative estimate of drug-likeness (QED) is 0.411. The largest absolute Gasteiger partial charge is 0.513 e. The van der Waals surface area contributed by atoms with Gasteiger partial charge in [0.15, 0.2) is 0 Å². The smallest absolute Gasteiger partial charge is 0.316 e. The summed E-state index contributed by atoms with van der Waals surface area (Å²) in [6.07, 6.45) is 11.0. The Morgan fingerprint density at radius 3 is 2.33 bits per heavy atom. The molecule has 0 aromatic rings. The summed E-state index contributed by atoms with van der Waals surface area (Å²) in [6, 6.07) is 0. The Labute approximate surface area is 129 Å². The number of esters is 1. The summed E-state index contributed by atoms with van der Waals surface area (Å²) in [5.74, 6) is 0.00493. The van der Waals surface area contributed by atoms with Crippen LogP contribution in [0.15, 0.2) is 11.8 Å². The number of allylic oxidation sites excluding steroid dienone is 1. The summed E-state index contributed by atoms with van der Waals surface area (Å²) in [7, 11) is 0. The maximum Gasteiger partial charge on any atom is 0.316 e. The average Bonchev–Trinajstić information content (AvgIpc) is 2.60. The van der Waals surface area contributed by atoms with E-state index in [0.29, 0.717) is 0 Å². The molecule has 0 radical (unpaired) electrons. The number of aliphatic hydroxyl groups is 1. The number of ether oxygens (including phenoxy) is 1. The van der Waals surface area contributed by atoms with Gasteiger partial charge in [0.05, 0.1) is 11.2 Å². The Morgan fingerprint density at radius 2 is 1.86 bits per heavy atom. The molecule has 0 amide bonds. The second kappa shape index (κ2) is 7.86. The molecule has 0 aromatic carbocycles. The minimum absolute atomic E-state index is 0.186. The molecule has 1 aliphatic carbocycles. The average molecular weight is 296 g/mol. The number of carbonyl (C=O) groups is 1. The first-order valence-corrected chi connectivity index (χ1v) is 8.43. The van der Waals surface area contributed by atoms with E-state index in [1.54, 1.807) is 13.0 Å². The van der Waals surface area contributed by atoms with Crippen LogP contribution in [0.2, 0.25) is 0 Å². The van der Waals surface area contributed by atoms with Gasteiger partial charge in [0.2, 0.25) is 0 Å². The van der Waals surface area contributed by atoms with Crippen molar-refractivity contribution >= 4 is 5.97 Å². The van der Waals surface area contributed by atoms with Crippen molar-refractivity contribution in [2.24, 2.45) is 5.41 Å². The summed E-state index contributed by atoms with van der Waals surface area (Å²) < 4.78 is 5.93. The zero-order valence-corrected chi connectivity index (χ0v) is 14.2. The Kier molecular flexibility index (Phi) is 6.76. The number of hydrogen-bond donors (Lipinski definition) is 1. The zero-order chi connectivity index (χ0) is 15.9.